The molecule has 2 aliphatic rings. The number of aromatic hydroxyl groups is 1. The number of hydrogen-bond acceptors (Lipinski definition) is 5. The van der Waals surface area contributed by atoms with Gasteiger partial charge in [0.2, 0.25) is 0 Å². The van der Waals surface area contributed by atoms with Crippen LogP contribution in [0.4, 0.5) is 0 Å². The first-order valence-corrected chi connectivity index (χ1v) is 13.3. The van der Waals surface area contributed by atoms with E-state index in [9.17, 15) is 24.9 Å². The van der Waals surface area contributed by atoms with Crippen molar-refractivity contribution in [2.24, 2.45) is 0 Å². The van der Waals surface area contributed by atoms with Gasteiger partial charge in [0.15, 0.2) is 0 Å². The number of aromatic carboxylic acids is 1. The van der Waals surface area contributed by atoms with Crippen LogP contribution in [-0.4, -0.2) is 56.4 Å². The van der Waals surface area contributed by atoms with E-state index >= 15 is 0 Å². The second-order valence-electron chi connectivity index (χ2n) is 12.0. The summed E-state index contributed by atoms with van der Waals surface area (Å²) in [7, 11) is 0. The van der Waals surface area contributed by atoms with Crippen molar-refractivity contribution in [2.45, 2.75) is 76.9 Å². The third kappa shape index (κ3) is 5.73. The number of aliphatic carboxylic acids is 1. The van der Waals surface area contributed by atoms with Gasteiger partial charge in [-0.3, -0.25) is 9.69 Å². The van der Waals surface area contributed by atoms with E-state index < -0.39 is 24.1 Å². The Morgan fingerprint density at radius 3 is 2.31 bits per heavy atom. The molecular weight excluding hydrogens is 494 g/mol. The molecule has 0 spiro atoms. The molecule has 1 heterocycles. The second kappa shape index (κ2) is 10.5. The van der Waals surface area contributed by atoms with Crippen LogP contribution < -0.4 is 0 Å². The highest BCUT2D eigenvalue weighted by molar-refractivity contribution is 5.91. The van der Waals surface area contributed by atoms with Gasteiger partial charge in [0.05, 0.1) is 0 Å². The molecule has 0 saturated heterocycles. The molecule has 1 aliphatic heterocycles. The molecule has 0 fully saturated rings. The molecule has 1 aliphatic carbocycles. The Balaban J connectivity index is 1.77. The number of carbonyl (C=O) groups is 2. The van der Waals surface area contributed by atoms with Crippen molar-refractivity contribution in [1.82, 2.24) is 4.90 Å². The highest BCUT2D eigenvalue weighted by Crippen LogP contribution is 2.49. The second-order valence-corrected chi connectivity index (χ2v) is 12.0. The summed E-state index contributed by atoms with van der Waals surface area (Å²) in [4.78, 5) is 24.6. The summed E-state index contributed by atoms with van der Waals surface area (Å²) in [5.41, 5.74) is 5.43. The molecule has 39 heavy (non-hydrogen) atoms. The van der Waals surface area contributed by atoms with Crippen LogP contribution in [0.5, 0.6) is 5.75 Å². The summed E-state index contributed by atoms with van der Waals surface area (Å²) >= 11 is 0. The van der Waals surface area contributed by atoms with Crippen LogP contribution in [0.2, 0.25) is 0 Å². The summed E-state index contributed by atoms with van der Waals surface area (Å²) in [5, 5.41) is 39.7. The summed E-state index contributed by atoms with van der Waals surface area (Å²) in [5.74, 6) is 3.30. The van der Waals surface area contributed by atoms with Gasteiger partial charge in [-0.2, -0.15) is 0 Å². The van der Waals surface area contributed by atoms with E-state index in [4.69, 9.17) is 5.11 Å². The number of aliphatic hydroxyl groups excluding tert-OH is 1. The van der Waals surface area contributed by atoms with Gasteiger partial charge in [-0.15, -0.1) is 0 Å². The minimum Gasteiger partial charge on any atom is -0.507 e. The molecule has 0 saturated carbocycles. The lowest BCUT2D eigenvalue weighted by Crippen LogP contribution is -2.41. The van der Waals surface area contributed by atoms with E-state index in [2.05, 4.69) is 51.7 Å². The van der Waals surface area contributed by atoms with E-state index in [1.807, 2.05) is 11.0 Å². The monoisotopic (exact) mass is 531 g/mol. The van der Waals surface area contributed by atoms with Crippen molar-refractivity contribution >= 4 is 17.5 Å². The normalized spacial score (nSPS) is 19.6. The standard InChI is InChI=1S/C32H37NO6/c1-19(29(36)37)33-14-10-21(11-15-33)24-17-22(18-25-28(24)32(4,5)13-12-31(25,2)3)26(34)9-7-20-6-8-23(30(38)39)27(35)16-20/h6,8,10,16-19,26,34-35H,11-15H2,1-5H3,(H,36,37)(H,38,39). The molecule has 4 N–H and O–H groups in total. The van der Waals surface area contributed by atoms with Crippen molar-refractivity contribution in [1.29, 1.82) is 0 Å². The maximum Gasteiger partial charge on any atom is 0.339 e. The molecule has 0 radical (unpaired) electrons. The maximum atomic E-state index is 11.5. The van der Waals surface area contributed by atoms with Gasteiger partial charge in [-0.25, -0.2) is 4.79 Å². The third-order valence-electron chi connectivity index (χ3n) is 8.33. The average molecular weight is 532 g/mol. The fourth-order valence-electron chi connectivity index (χ4n) is 5.69. The van der Waals surface area contributed by atoms with Crippen LogP contribution in [0.15, 0.2) is 36.4 Å². The van der Waals surface area contributed by atoms with Crippen molar-refractivity contribution in [3.05, 3.63) is 69.8 Å². The largest absolute Gasteiger partial charge is 0.507 e. The first-order valence-electron chi connectivity index (χ1n) is 13.3. The number of fused-ring (bicyclic) bond motifs is 1. The van der Waals surface area contributed by atoms with Crippen LogP contribution >= 0.6 is 0 Å². The Hall–Kier alpha value is -3.60. The van der Waals surface area contributed by atoms with E-state index in [0.29, 0.717) is 30.6 Å². The lowest BCUT2D eigenvalue weighted by atomic mass is 9.61. The van der Waals surface area contributed by atoms with Gasteiger partial charge < -0.3 is 20.4 Å². The molecule has 2 unspecified atom stereocenters. The summed E-state index contributed by atoms with van der Waals surface area (Å²) in [6, 6.07) is 7.60. The minimum absolute atomic E-state index is 0.0644. The average Bonchev–Trinajstić information content (AvgIpc) is 2.88. The lowest BCUT2D eigenvalue weighted by molar-refractivity contribution is -0.142. The lowest BCUT2D eigenvalue weighted by Gasteiger charge is -2.44. The third-order valence-corrected chi connectivity index (χ3v) is 8.33. The highest BCUT2D eigenvalue weighted by Gasteiger charge is 2.40. The molecule has 0 bridgehead atoms. The number of aliphatic hydroxyl groups is 1. The van der Waals surface area contributed by atoms with E-state index in [1.165, 1.54) is 29.3 Å². The van der Waals surface area contributed by atoms with Crippen LogP contribution in [-0.2, 0) is 15.6 Å². The van der Waals surface area contributed by atoms with Gasteiger partial charge >= 0.3 is 11.9 Å². The highest BCUT2D eigenvalue weighted by atomic mass is 16.4. The SMILES string of the molecule is CC(C(=O)O)N1CC=C(c2cc(C(O)C#Cc3ccc(C(=O)O)c(O)c3)cc3c2C(C)(C)CCC3(C)C)CC1. The van der Waals surface area contributed by atoms with Crippen LogP contribution in [0.1, 0.15) is 98.2 Å². The van der Waals surface area contributed by atoms with Crippen LogP contribution in [0.25, 0.3) is 5.57 Å². The Morgan fingerprint density at radius 1 is 1.03 bits per heavy atom. The van der Waals surface area contributed by atoms with Gasteiger partial charge in [0.25, 0.3) is 0 Å². The van der Waals surface area contributed by atoms with E-state index in [-0.39, 0.29) is 22.1 Å². The molecule has 0 amide bonds. The molecule has 2 atom stereocenters. The number of phenols is 1. The molecule has 2 aromatic carbocycles. The van der Waals surface area contributed by atoms with Crippen molar-refractivity contribution in [3.63, 3.8) is 0 Å². The van der Waals surface area contributed by atoms with Crippen molar-refractivity contribution in [3.8, 4) is 17.6 Å². The van der Waals surface area contributed by atoms with Gasteiger partial charge in [-0.1, -0.05) is 51.7 Å². The Kier molecular flexibility index (Phi) is 7.66. The summed E-state index contributed by atoms with van der Waals surface area (Å²) < 4.78 is 0. The van der Waals surface area contributed by atoms with Gasteiger partial charge in [-0.05, 0) is 89.1 Å². The smallest absolute Gasteiger partial charge is 0.339 e. The molecule has 206 valence electrons. The summed E-state index contributed by atoms with van der Waals surface area (Å²) in [6.45, 7) is 11.9. The Bertz CT molecular complexity index is 1410. The number of carboxylic acids is 2. The number of nitrogens with zero attached hydrogens (tertiary/aromatic N) is 1. The first kappa shape index (κ1) is 28.4. The zero-order valence-electron chi connectivity index (χ0n) is 23.2. The minimum atomic E-state index is -1.23. The number of rotatable bonds is 5. The predicted molar refractivity (Wildman–Crippen MR) is 150 cm³/mol. The predicted octanol–water partition coefficient (Wildman–Crippen LogP) is 5.09. The number of hydrogen-bond donors (Lipinski definition) is 4. The molecule has 7 heteroatoms. The topological polar surface area (TPSA) is 118 Å². The Labute approximate surface area is 229 Å². The molecule has 2 aromatic rings. The number of carboxylic acid groups (broad SMARTS) is 2. The molecular formula is C32H37NO6. The molecule has 7 nitrogen and oxygen atoms in total. The zero-order chi connectivity index (χ0) is 28.7. The van der Waals surface area contributed by atoms with Crippen molar-refractivity contribution in [2.75, 3.05) is 13.1 Å². The van der Waals surface area contributed by atoms with Crippen LogP contribution in [0.3, 0.4) is 0 Å². The number of benzene rings is 2. The van der Waals surface area contributed by atoms with Crippen molar-refractivity contribution < 1.29 is 30.0 Å². The fraction of sp³-hybridized carbons (Fsp3) is 0.438. The maximum absolute atomic E-state index is 11.5. The van der Waals surface area contributed by atoms with Gasteiger partial charge in [0.1, 0.15) is 23.5 Å². The molecule has 4 rings (SSSR count). The Morgan fingerprint density at radius 2 is 1.72 bits per heavy atom. The zero-order valence-corrected chi connectivity index (χ0v) is 23.2. The van der Waals surface area contributed by atoms with Gasteiger partial charge in [0, 0.05) is 18.7 Å². The van der Waals surface area contributed by atoms with E-state index in [0.717, 1.165) is 24.0 Å². The summed E-state index contributed by atoms with van der Waals surface area (Å²) in [6.07, 6.45) is 3.78. The first-order chi connectivity index (χ1) is 18.2. The van der Waals surface area contributed by atoms with E-state index in [1.54, 1.807) is 6.92 Å². The fourth-order valence-corrected chi connectivity index (χ4v) is 5.69. The van der Waals surface area contributed by atoms with Crippen LogP contribution in [0, 0.1) is 11.8 Å². The molecule has 0 aromatic heterocycles. The quantitative estimate of drug-likeness (QED) is 0.397.